The van der Waals surface area contributed by atoms with Crippen molar-refractivity contribution in [2.75, 3.05) is 0 Å². The molecule has 0 aliphatic rings. The molecular formula is C23H29ClN2O2. The van der Waals surface area contributed by atoms with E-state index in [1.54, 1.807) is 17.0 Å². The minimum absolute atomic E-state index is 0.0189. The van der Waals surface area contributed by atoms with Gasteiger partial charge in [-0.25, -0.2) is 0 Å². The van der Waals surface area contributed by atoms with Crippen LogP contribution in [0.25, 0.3) is 0 Å². The molecule has 0 saturated carbocycles. The molecule has 0 spiro atoms. The Labute approximate surface area is 172 Å². The van der Waals surface area contributed by atoms with E-state index in [0.717, 1.165) is 16.7 Å². The Morgan fingerprint density at radius 3 is 2.36 bits per heavy atom. The second-order valence-electron chi connectivity index (χ2n) is 7.40. The molecule has 2 amide bonds. The number of aryl methyl sites for hydroxylation is 1. The molecule has 150 valence electrons. The van der Waals surface area contributed by atoms with Crippen molar-refractivity contribution in [3.05, 3.63) is 70.2 Å². The fourth-order valence-corrected chi connectivity index (χ4v) is 3.44. The van der Waals surface area contributed by atoms with Crippen LogP contribution in [0.1, 0.15) is 43.9 Å². The maximum absolute atomic E-state index is 13.2. The number of nitrogens with zero attached hydrogens (tertiary/aromatic N) is 1. The van der Waals surface area contributed by atoms with Gasteiger partial charge in [-0.1, -0.05) is 60.5 Å². The van der Waals surface area contributed by atoms with Gasteiger partial charge in [0.15, 0.2) is 0 Å². The lowest BCUT2D eigenvalue weighted by atomic mass is 10.1. The molecule has 2 aromatic carbocycles. The predicted molar refractivity (Wildman–Crippen MR) is 114 cm³/mol. The lowest BCUT2D eigenvalue weighted by Gasteiger charge is -2.31. The summed E-state index contributed by atoms with van der Waals surface area (Å²) in [5.41, 5.74) is 2.97. The van der Waals surface area contributed by atoms with Gasteiger partial charge in [-0.3, -0.25) is 9.59 Å². The van der Waals surface area contributed by atoms with Crippen LogP contribution >= 0.6 is 11.6 Å². The number of benzene rings is 2. The zero-order valence-electron chi connectivity index (χ0n) is 17.0. The average Bonchev–Trinajstić information content (AvgIpc) is 2.61. The van der Waals surface area contributed by atoms with Crippen molar-refractivity contribution < 1.29 is 9.59 Å². The van der Waals surface area contributed by atoms with Crippen LogP contribution in [0, 0.1) is 6.92 Å². The third-order valence-electron chi connectivity index (χ3n) is 4.50. The highest BCUT2D eigenvalue weighted by Gasteiger charge is 2.29. The van der Waals surface area contributed by atoms with Crippen LogP contribution in [-0.4, -0.2) is 28.8 Å². The summed E-state index contributed by atoms with van der Waals surface area (Å²) in [6.07, 6.45) is 0.753. The minimum atomic E-state index is -0.519. The first-order valence-electron chi connectivity index (χ1n) is 9.70. The van der Waals surface area contributed by atoms with E-state index in [-0.39, 0.29) is 24.3 Å². The molecule has 0 fully saturated rings. The van der Waals surface area contributed by atoms with Gasteiger partial charge in [0.25, 0.3) is 0 Å². The van der Waals surface area contributed by atoms with Crippen molar-refractivity contribution >= 4 is 23.4 Å². The van der Waals surface area contributed by atoms with E-state index in [0.29, 0.717) is 18.0 Å². The summed E-state index contributed by atoms with van der Waals surface area (Å²) in [4.78, 5) is 27.7. The molecule has 4 nitrogen and oxygen atoms in total. The van der Waals surface area contributed by atoms with Crippen LogP contribution in [-0.2, 0) is 22.6 Å². The van der Waals surface area contributed by atoms with E-state index >= 15 is 0 Å². The molecule has 0 saturated heterocycles. The van der Waals surface area contributed by atoms with Gasteiger partial charge < -0.3 is 10.2 Å². The summed E-state index contributed by atoms with van der Waals surface area (Å²) >= 11 is 6.06. The van der Waals surface area contributed by atoms with E-state index in [1.165, 1.54) is 0 Å². The number of rotatable bonds is 8. The van der Waals surface area contributed by atoms with Gasteiger partial charge in [0.05, 0.1) is 6.42 Å². The van der Waals surface area contributed by atoms with Crippen LogP contribution in [0.3, 0.4) is 0 Å². The SMILES string of the molecule is CC[C@@H](C(=O)NC(C)C)N(Cc1cccc(C)c1)C(=O)Cc1cccc(Cl)c1. The Balaban J connectivity index is 2.30. The standard InChI is InChI=1S/C23H29ClN2O2/c1-5-21(23(28)25-16(2)3)26(15-19-10-6-8-17(4)12-19)22(27)14-18-9-7-11-20(24)13-18/h6-13,16,21H,5,14-15H2,1-4H3,(H,25,28)/t21-/m0/s1. The molecule has 0 aromatic heterocycles. The molecule has 5 heteroatoms. The van der Waals surface area contributed by atoms with Crippen LogP contribution in [0.5, 0.6) is 0 Å². The maximum atomic E-state index is 13.2. The second kappa shape index (κ2) is 10.3. The summed E-state index contributed by atoms with van der Waals surface area (Å²) in [7, 11) is 0. The summed E-state index contributed by atoms with van der Waals surface area (Å²) in [6, 6.07) is 14.8. The number of hydrogen-bond donors (Lipinski definition) is 1. The highest BCUT2D eigenvalue weighted by Crippen LogP contribution is 2.17. The normalized spacial score (nSPS) is 11.9. The third kappa shape index (κ3) is 6.38. The molecule has 1 N–H and O–H groups in total. The maximum Gasteiger partial charge on any atom is 0.243 e. The lowest BCUT2D eigenvalue weighted by molar-refractivity contribution is -0.141. The molecule has 28 heavy (non-hydrogen) atoms. The summed E-state index contributed by atoms with van der Waals surface area (Å²) < 4.78 is 0. The average molecular weight is 401 g/mol. The van der Waals surface area contributed by atoms with E-state index in [1.807, 2.05) is 64.1 Å². The molecule has 0 heterocycles. The Hall–Kier alpha value is -2.33. The van der Waals surface area contributed by atoms with Crippen molar-refractivity contribution in [1.29, 1.82) is 0 Å². The first-order chi connectivity index (χ1) is 13.3. The molecule has 2 rings (SSSR count). The van der Waals surface area contributed by atoms with Crippen LogP contribution < -0.4 is 5.32 Å². The summed E-state index contributed by atoms with van der Waals surface area (Å²) in [5.74, 6) is -0.209. The molecular weight excluding hydrogens is 372 g/mol. The third-order valence-corrected chi connectivity index (χ3v) is 4.73. The molecule has 2 aromatic rings. The highest BCUT2D eigenvalue weighted by atomic mass is 35.5. The van der Waals surface area contributed by atoms with Crippen LogP contribution in [0.2, 0.25) is 5.02 Å². The number of carbonyl (C=O) groups is 2. The molecule has 0 aliphatic carbocycles. The quantitative estimate of drug-likeness (QED) is 0.708. The molecule has 0 aliphatic heterocycles. The summed E-state index contributed by atoms with van der Waals surface area (Å²) in [5, 5.41) is 3.54. The van der Waals surface area contributed by atoms with Crippen molar-refractivity contribution in [2.45, 2.75) is 59.2 Å². The van der Waals surface area contributed by atoms with E-state index in [9.17, 15) is 9.59 Å². The number of carbonyl (C=O) groups excluding carboxylic acids is 2. The van der Waals surface area contributed by atoms with E-state index in [2.05, 4.69) is 5.32 Å². The Morgan fingerprint density at radius 1 is 1.07 bits per heavy atom. The number of hydrogen-bond acceptors (Lipinski definition) is 2. The molecule has 0 bridgehead atoms. The van der Waals surface area contributed by atoms with Crippen LogP contribution in [0.15, 0.2) is 48.5 Å². The number of amides is 2. The monoisotopic (exact) mass is 400 g/mol. The van der Waals surface area contributed by atoms with Gasteiger partial charge in [-0.2, -0.15) is 0 Å². The smallest absolute Gasteiger partial charge is 0.243 e. The zero-order chi connectivity index (χ0) is 20.7. The van der Waals surface area contributed by atoms with E-state index < -0.39 is 6.04 Å². The first-order valence-corrected chi connectivity index (χ1v) is 10.1. The molecule has 0 radical (unpaired) electrons. The molecule has 0 unspecified atom stereocenters. The second-order valence-corrected chi connectivity index (χ2v) is 7.84. The van der Waals surface area contributed by atoms with Gasteiger partial charge in [0.2, 0.25) is 11.8 Å². The van der Waals surface area contributed by atoms with Gasteiger partial charge in [0, 0.05) is 17.6 Å². The van der Waals surface area contributed by atoms with Gasteiger partial charge >= 0.3 is 0 Å². The highest BCUT2D eigenvalue weighted by molar-refractivity contribution is 6.30. The molecule has 1 atom stereocenters. The fraction of sp³-hybridized carbons (Fsp3) is 0.391. The number of nitrogens with one attached hydrogen (secondary N) is 1. The van der Waals surface area contributed by atoms with Crippen molar-refractivity contribution in [1.82, 2.24) is 10.2 Å². The lowest BCUT2D eigenvalue weighted by Crippen LogP contribution is -2.50. The first kappa shape index (κ1) is 22.0. The van der Waals surface area contributed by atoms with Crippen LogP contribution in [0.4, 0.5) is 0 Å². The fourth-order valence-electron chi connectivity index (χ4n) is 3.23. The minimum Gasteiger partial charge on any atom is -0.352 e. The van der Waals surface area contributed by atoms with Crippen molar-refractivity contribution in [2.24, 2.45) is 0 Å². The zero-order valence-corrected chi connectivity index (χ0v) is 17.8. The summed E-state index contributed by atoms with van der Waals surface area (Å²) in [6.45, 7) is 8.18. The van der Waals surface area contributed by atoms with Crippen molar-refractivity contribution in [3.8, 4) is 0 Å². The van der Waals surface area contributed by atoms with Gasteiger partial charge in [0.1, 0.15) is 6.04 Å². The van der Waals surface area contributed by atoms with Gasteiger partial charge in [-0.15, -0.1) is 0 Å². The Bertz CT molecular complexity index is 820. The number of halogens is 1. The van der Waals surface area contributed by atoms with Crippen molar-refractivity contribution in [3.63, 3.8) is 0 Å². The van der Waals surface area contributed by atoms with E-state index in [4.69, 9.17) is 11.6 Å². The Morgan fingerprint density at radius 2 is 1.75 bits per heavy atom. The largest absolute Gasteiger partial charge is 0.352 e. The predicted octanol–water partition coefficient (Wildman–Crippen LogP) is 4.52. The van der Waals surface area contributed by atoms with Gasteiger partial charge in [-0.05, 0) is 50.5 Å². The topological polar surface area (TPSA) is 49.4 Å². The Kier molecular flexibility index (Phi) is 8.06.